The monoisotopic (exact) mass is 309 g/mol. The maximum atomic E-state index is 12.7. The van der Waals surface area contributed by atoms with Crippen molar-refractivity contribution in [2.45, 2.75) is 83.3 Å². The SMILES string of the molecule is CC(C)CC(C(=O)NC1CCC(N)CC1)N1CCCCC1=O. The van der Waals surface area contributed by atoms with Crippen molar-refractivity contribution in [3.8, 4) is 0 Å². The van der Waals surface area contributed by atoms with Crippen LogP contribution in [0.2, 0.25) is 0 Å². The molecular formula is C17H31N3O2. The number of nitrogens with two attached hydrogens (primary N) is 1. The first kappa shape index (κ1) is 17.3. The van der Waals surface area contributed by atoms with Crippen molar-refractivity contribution in [3.63, 3.8) is 0 Å². The van der Waals surface area contributed by atoms with Crippen molar-refractivity contribution in [2.24, 2.45) is 11.7 Å². The van der Waals surface area contributed by atoms with E-state index in [0.717, 1.165) is 51.5 Å². The van der Waals surface area contributed by atoms with Crippen LogP contribution in [0.15, 0.2) is 0 Å². The zero-order valence-corrected chi connectivity index (χ0v) is 14.0. The third-order valence-corrected chi connectivity index (χ3v) is 4.85. The van der Waals surface area contributed by atoms with Crippen LogP contribution >= 0.6 is 0 Å². The lowest BCUT2D eigenvalue weighted by Gasteiger charge is -2.36. The number of hydrogen-bond acceptors (Lipinski definition) is 3. The van der Waals surface area contributed by atoms with Gasteiger partial charge in [-0.15, -0.1) is 0 Å². The minimum absolute atomic E-state index is 0.0319. The number of likely N-dealkylation sites (tertiary alicyclic amines) is 1. The first-order valence-electron chi connectivity index (χ1n) is 8.82. The fourth-order valence-electron chi connectivity index (χ4n) is 3.54. The Balaban J connectivity index is 1.97. The molecule has 126 valence electrons. The van der Waals surface area contributed by atoms with Crippen LogP contribution in [0.1, 0.15) is 65.2 Å². The molecule has 2 amide bonds. The minimum Gasteiger partial charge on any atom is -0.352 e. The molecule has 0 aromatic carbocycles. The first-order chi connectivity index (χ1) is 10.5. The van der Waals surface area contributed by atoms with E-state index in [9.17, 15) is 9.59 Å². The number of rotatable bonds is 5. The average Bonchev–Trinajstić information content (AvgIpc) is 2.48. The van der Waals surface area contributed by atoms with Gasteiger partial charge in [-0.3, -0.25) is 9.59 Å². The maximum Gasteiger partial charge on any atom is 0.243 e. The molecule has 1 saturated carbocycles. The molecule has 2 aliphatic rings. The quantitative estimate of drug-likeness (QED) is 0.813. The molecule has 0 aromatic rings. The van der Waals surface area contributed by atoms with E-state index >= 15 is 0 Å². The summed E-state index contributed by atoms with van der Waals surface area (Å²) in [6, 6.07) is 0.202. The van der Waals surface area contributed by atoms with Gasteiger partial charge in [0.15, 0.2) is 0 Å². The molecule has 1 atom stereocenters. The van der Waals surface area contributed by atoms with Gasteiger partial charge in [0.2, 0.25) is 11.8 Å². The van der Waals surface area contributed by atoms with Crippen molar-refractivity contribution in [3.05, 3.63) is 0 Å². The molecule has 1 saturated heterocycles. The Labute approximate surface area is 134 Å². The molecule has 1 heterocycles. The Hall–Kier alpha value is -1.10. The van der Waals surface area contributed by atoms with Gasteiger partial charge < -0.3 is 16.0 Å². The van der Waals surface area contributed by atoms with Crippen molar-refractivity contribution < 1.29 is 9.59 Å². The highest BCUT2D eigenvalue weighted by atomic mass is 16.2. The highest BCUT2D eigenvalue weighted by Gasteiger charge is 2.33. The van der Waals surface area contributed by atoms with Crippen molar-refractivity contribution in [1.82, 2.24) is 10.2 Å². The molecule has 5 nitrogen and oxygen atoms in total. The molecule has 1 unspecified atom stereocenters. The predicted molar refractivity (Wildman–Crippen MR) is 87.2 cm³/mol. The number of piperidine rings is 1. The lowest BCUT2D eigenvalue weighted by Crippen LogP contribution is -2.54. The summed E-state index contributed by atoms with van der Waals surface area (Å²) in [4.78, 5) is 26.7. The number of hydrogen-bond donors (Lipinski definition) is 2. The van der Waals surface area contributed by atoms with Gasteiger partial charge in [0, 0.05) is 25.0 Å². The number of carbonyl (C=O) groups is 2. The van der Waals surface area contributed by atoms with Gasteiger partial charge >= 0.3 is 0 Å². The van der Waals surface area contributed by atoms with Crippen molar-refractivity contribution >= 4 is 11.8 Å². The highest BCUT2D eigenvalue weighted by molar-refractivity contribution is 5.88. The number of carbonyl (C=O) groups excluding carboxylic acids is 2. The standard InChI is InChI=1S/C17H31N3O2/c1-12(2)11-15(20-10-4-3-5-16(20)21)17(22)19-14-8-6-13(18)7-9-14/h12-15H,3-11,18H2,1-2H3,(H,19,22). The van der Waals surface area contributed by atoms with E-state index in [2.05, 4.69) is 19.2 Å². The molecule has 2 fully saturated rings. The van der Waals surface area contributed by atoms with E-state index in [-0.39, 0.29) is 29.9 Å². The highest BCUT2D eigenvalue weighted by Crippen LogP contribution is 2.21. The Morgan fingerprint density at radius 3 is 2.55 bits per heavy atom. The molecule has 0 radical (unpaired) electrons. The van der Waals surface area contributed by atoms with Crippen LogP contribution in [0.5, 0.6) is 0 Å². The van der Waals surface area contributed by atoms with Crippen LogP contribution in [-0.2, 0) is 9.59 Å². The van der Waals surface area contributed by atoms with Crippen molar-refractivity contribution in [1.29, 1.82) is 0 Å². The van der Waals surface area contributed by atoms with Gasteiger partial charge in [-0.2, -0.15) is 0 Å². The lowest BCUT2D eigenvalue weighted by molar-refractivity contribution is -0.143. The summed E-state index contributed by atoms with van der Waals surface area (Å²) in [5, 5.41) is 3.17. The van der Waals surface area contributed by atoms with E-state index in [4.69, 9.17) is 5.73 Å². The number of amides is 2. The molecule has 0 spiro atoms. The van der Waals surface area contributed by atoms with Crippen molar-refractivity contribution in [2.75, 3.05) is 6.54 Å². The van der Waals surface area contributed by atoms with E-state index < -0.39 is 0 Å². The normalized spacial score (nSPS) is 27.8. The van der Waals surface area contributed by atoms with E-state index in [1.807, 2.05) is 4.90 Å². The Morgan fingerprint density at radius 1 is 1.27 bits per heavy atom. The van der Waals surface area contributed by atoms with Gasteiger partial charge in [0.05, 0.1) is 0 Å². The fraction of sp³-hybridized carbons (Fsp3) is 0.882. The predicted octanol–water partition coefficient (Wildman–Crippen LogP) is 1.80. The molecule has 0 aromatic heterocycles. The third kappa shape index (κ3) is 4.70. The Bertz CT molecular complexity index is 389. The summed E-state index contributed by atoms with van der Waals surface area (Å²) < 4.78 is 0. The molecule has 22 heavy (non-hydrogen) atoms. The fourth-order valence-corrected chi connectivity index (χ4v) is 3.54. The van der Waals surface area contributed by atoms with E-state index in [0.29, 0.717) is 12.3 Å². The summed E-state index contributed by atoms with van der Waals surface area (Å²) in [5.74, 6) is 0.562. The average molecular weight is 309 g/mol. The van der Waals surface area contributed by atoms with E-state index in [1.165, 1.54) is 0 Å². The summed E-state index contributed by atoms with van der Waals surface area (Å²) in [6.45, 7) is 4.93. The first-order valence-corrected chi connectivity index (χ1v) is 8.82. The number of nitrogens with one attached hydrogen (secondary N) is 1. The Morgan fingerprint density at radius 2 is 1.95 bits per heavy atom. The largest absolute Gasteiger partial charge is 0.352 e. The van der Waals surface area contributed by atoms with Gasteiger partial charge in [-0.25, -0.2) is 0 Å². The van der Waals surface area contributed by atoms with Crippen LogP contribution in [0, 0.1) is 5.92 Å². The molecule has 2 rings (SSSR count). The topological polar surface area (TPSA) is 75.4 Å². The zero-order valence-electron chi connectivity index (χ0n) is 14.0. The van der Waals surface area contributed by atoms with Crippen LogP contribution in [0.4, 0.5) is 0 Å². The van der Waals surface area contributed by atoms with Gasteiger partial charge in [-0.1, -0.05) is 13.8 Å². The number of nitrogens with zero attached hydrogens (tertiary/aromatic N) is 1. The summed E-state index contributed by atoms with van der Waals surface area (Å²) in [5.41, 5.74) is 5.92. The second kappa shape index (κ2) is 7.95. The minimum atomic E-state index is -0.302. The Kier molecular flexibility index (Phi) is 6.24. The van der Waals surface area contributed by atoms with Crippen LogP contribution < -0.4 is 11.1 Å². The molecule has 3 N–H and O–H groups in total. The van der Waals surface area contributed by atoms with Crippen LogP contribution in [0.25, 0.3) is 0 Å². The lowest BCUT2D eigenvalue weighted by atomic mass is 9.91. The van der Waals surface area contributed by atoms with E-state index in [1.54, 1.807) is 0 Å². The second-order valence-corrected chi connectivity index (χ2v) is 7.31. The molecule has 1 aliphatic heterocycles. The summed E-state index contributed by atoms with van der Waals surface area (Å²) in [7, 11) is 0. The molecule has 0 bridgehead atoms. The summed E-state index contributed by atoms with van der Waals surface area (Å²) in [6.07, 6.45) is 7.14. The molecule has 1 aliphatic carbocycles. The summed E-state index contributed by atoms with van der Waals surface area (Å²) >= 11 is 0. The van der Waals surface area contributed by atoms with Gasteiger partial charge in [0.25, 0.3) is 0 Å². The smallest absolute Gasteiger partial charge is 0.243 e. The third-order valence-electron chi connectivity index (χ3n) is 4.85. The van der Waals surface area contributed by atoms with Gasteiger partial charge in [-0.05, 0) is 50.9 Å². The van der Waals surface area contributed by atoms with Crippen LogP contribution in [0.3, 0.4) is 0 Å². The maximum absolute atomic E-state index is 12.7. The molecular weight excluding hydrogens is 278 g/mol. The van der Waals surface area contributed by atoms with Crippen LogP contribution in [-0.4, -0.2) is 41.4 Å². The molecule has 5 heteroatoms. The van der Waals surface area contributed by atoms with Gasteiger partial charge in [0.1, 0.15) is 6.04 Å². The zero-order chi connectivity index (χ0) is 16.1. The second-order valence-electron chi connectivity index (χ2n) is 7.31.